The molecule has 0 radical (unpaired) electrons. The quantitative estimate of drug-likeness (QED) is 0.346. The molecule has 4 heterocycles. The fraction of sp³-hybridized carbons (Fsp3) is 0.346. The topological polar surface area (TPSA) is 164 Å². The third kappa shape index (κ3) is 5.71. The Morgan fingerprint density at radius 2 is 2.00 bits per heavy atom. The van der Waals surface area contributed by atoms with Gasteiger partial charge in [0.2, 0.25) is 5.95 Å². The van der Waals surface area contributed by atoms with Crippen molar-refractivity contribution in [1.82, 2.24) is 39.9 Å². The summed E-state index contributed by atoms with van der Waals surface area (Å²) >= 11 is 0. The van der Waals surface area contributed by atoms with Gasteiger partial charge in [0.15, 0.2) is 5.82 Å². The van der Waals surface area contributed by atoms with Gasteiger partial charge in [-0.1, -0.05) is 32.9 Å². The molecule has 3 N–H and O–H groups in total. The molecule has 0 unspecified atom stereocenters. The number of rotatable bonds is 5. The van der Waals surface area contributed by atoms with E-state index in [-0.39, 0.29) is 24.4 Å². The molecule has 13 nitrogen and oxygen atoms in total. The van der Waals surface area contributed by atoms with Crippen LogP contribution in [0.1, 0.15) is 60.7 Å². The Balaban J connectivity index is 1.43. The van der Waals surface area contributed by atoms with Crippen molar-refractivity contribution in [2.75, 3.05) is 11.9 Å². The molecule has 0 spiro atoms. The third-order valence-electron chi connectivity index (χ3n) is 6.40. The number of nitrogens with one attached hydrogen (secondary N) is 2. The molecule has 1 aliphatic rings. The zero-order chi connectivity index (χ0) is 27.7. The van der Waals surface area contributed by atoms with Crippen LogP contribution in [0.15, 0.2) is 47.6 Å². The number of carbonyl (C=O) groups excluding carboxylic acids is 1. The van der Waals surface area contributed by atoms with E-state index in [4.69, 9.17) is 4.42 Å². The second-order valence-electron chi connectivity index (χ2n) is 10.4. The fourth-order valence-corrected chi connectivity index (χ4v) is 4.31. The van der Waals surface area contributed by atoms with Crippen molar-refractivity contribution in [3.8, 4) is 11.4 Å². The number of oxazole rings is 1. The zero-order valence-corrected chi connectivity index (χ0v) is 22.0. The zero-order valence-electron chi connectivity index (χ0n) is 22.0. The summed E-state index contributed by atoms with van der Waals surface area (Å²) in [6.07, 6.45) is 5.69. The van der Waals surface area contributed by atoms with Gasteiger partial charge in [0.05, 0.1) is 23.6 Å². The minimum atomic E-state index is -1.04. The molecule has 2 amide bonds. The number of anilines is 2. The maximum Gasteiger partial charge on any atom is 0.407 e. The number of amides is 2. The third-order valence-corrected chi connectivity index (χ3v) is 6.40. The van der Waals surface area contributed by atoms with Crippen LogP contribution < -0.4 is 10.6 Å². The Kier molecular flexibility index (Phi) is 6.73. The summed E-state index contributed by atoms with van der Waals surface area (Å²) in [5.41, 5.74) is 3.37. The second-order valence-corrected chi connectivity index (χ2v) is 10.4. The van der Waals surface area contributed by atoms with Gasteiger partial charge in [-0.05, 0) is 23.6 Å². The Labute approximate surface area is 224 Å². The Morgan fingerprint density at radius 3 is 2.69 bits per heavy atom. The minimum absolute atomic E-state index is 0.0312. The Bertz CT molecular complexity index is 1520. The van der Waals surface area contributed by atoms with Crippen LogP contribution in [0.3, 0.4) is 0 Å². The van der Waals surface area contributed by atoms with E-state index >= 15 is 0 Å². The maximum atomic E-state index is 13.0. The number of carboxylic acid groups (broad SMARTS) is 1. The van der Waals surface area contributed by atoms with Crippen LogP contribution in [0, 0.1) is 0 Å². The number of aromatic nitrogens is 6. The first kappa shape index (κ1) is 25.8. The monoisotopic (exact) mass is 531 g/mol. The summed E-state index contributed by atoms with van der Waals surface area (Å²) in [6.45, 7) is 6.35. The lowest BCUT2D eigenvalue weighted by molar-refractivity contribution is 0.0898. The van der Waals surface area contributed by atoms with Gasteiger partial charge in [0.1, 0.15) is 12.6 Å². The van der Waals surface area contributed by atoms with Gasteiger partial charge < -0.3 is 25.1 Å². The van der Waals surface area contributed by atoms with Crippen LogP contribution in [-0.2, 0) is 19.0 Å². The van der Waals surface area contributed by atoms with Gasteiger partial charge in [-0.25, -0.2) is 19.7 Å². The molecule has 0 saturated heterocycles. The molecular weight excluding hydrogens is 502 g/mol. The van der Waals surface area contributed by atoms with E-state index in [1.54, 1.807) is 17.1 Å². The first-order chi connectivity index (χ1) is 18.6. The largest absolute Gasteiger partial charge is 0.465 e. The van der Waals surface area contributed by atoms with Crippen molar-refractivity contribution in [2.24, 2.45) is 7.05 Å². The van der Waals surface area contributed by atoms with E-state index in [0.29, 0.717) is 29.5 Å². The van der Waals surface area contributed by atoms with Crippen LogP contribution in [-0.4, -0.2) is 58.3 Å². The lowest BCUT2D eigenvalue weighted by Crippen LogP contribution is -2.32. The van der Waals surface area contributed by atoms with Crippen molar-refractivity contribution in [3.05, 3.63) is 65.9 Å². The van der Waals surface area contributed by atoms with Crippen molar-refractivity contribution in [1.29, 1.82) is 0 Å². The molecule has 39 heavy (non-hydrogen) atoms. The summed E-state index contributed by atoms with van der Waals surface area (Å²) in [5, 5.41) is 19.9. The fourth-order valence-electron chi connectivity index (χ4n) is 4.31. The number of aryl methyl sites for hydroxylation is 1. The number of fused-ring (bicyclic) bond motifs is 1. The first-order valence-electron chi connectivity index (χ1n) is 12.4. The van der Waals surface area contributed by atoms with Gasteiger partial charge in [-0.15, -0.1) is 0 Å². The predicted octanol–water partition coefficient (Wildman–Crippen LogP) is 3.66. The van der Waals surface area contributed by atoms with Gasteiger partial charge >= 0.3 is 12.0 Å². The maximum absolute atomic E-state index is 13.0. The molecule has 4 aromatic rings. The predicted molar refractivity (Wildman–Crippen MR) is 140 cm³/mol. The average molecular weight is 532 g/mol. The van der Waals surface area contributed by atoms with Crippen molar-refractivity contribution < 1.29 is 19.1 Å². The average Bonchev–Trinajstić information content (AvgIpc) is 3.51. The SMILES string of the molecule is Cn1cc(Nc2ncnc(-c3ccc4c(c3)CN(C(=O)O)CC[C@H]4NC(=O)c3nc(C(C)(C)C)co3)n2)cn1. The molecule has 3 aromatic heterocycles. The van der Waals surface area contributed by atoms with Gasteiger partial charge in [0, 0.05) is 37.3 Å². The second kappa shape index (κ2) is 10.2. The highest BCUT2D eigenvalue weighted by Gasteiger charge is 2.29. The van der Waals surface area contributed by atoms with E-state index in [9.17, 15) is 14.7 Å². The number of hydrogen-bond acceptors (Lipinski definition) is 9. The molecule has 1 aromatic carbocycles. The molecule has 0 fully saturated rings. The molecule has 0 aliphatic carbocycles. The van der Waals surface area contributed by atoms with E-state index in [0.717, 1.165) is 16.8 Å². The molecule has 202 valence electrons. The molecule has 13 heteroatoms. The highest BCUT2D eigenvalue weighted by molar-refractivity contribution is 5.90. The van der Waals surface area contributed by atoms with Gasteiger partial charge in [0.25, 0.3) is 5.89 Å². The van der Waals surface area contributed by atoms with Crippen molar-refractivity contribution >= 4 is 23.6 Å². The highest BCUT2D eigenvalue weighted by atomic mass is 16.4. The number of hydrogen-bond donors (Lipinski definition) is 3. The van der Waals surface area contributed by atoms with E-state index in [1.165, 1.54) is 17.5 Å². The normalized spacial score (nSPS) is 15.4. The Morgan fingerprint density at radius 1 is 1.18 bits per heavy atom. The number of carbonyl (C=O) groups is 2. The standard InChI is InChI=1S/C26H29N9O4/c1-26(2,3)20-13-39-23(32-20)22(36)31-19-7-8-35(25(37)38)11-16-9-15(5-6-18(16)19)21-27-14-28-24(33-21)30-17-10-29-34(4)12-17/h5-6,9-10,12-14,19H,7-8,11H2,1-4H3,(H,31,36)(H,37,38)(H,27,28,30,33)/t19-/m1/s1. The summed E-state index contributed by atoms with van der Waals surface area (Å²) in [6, 6.07) is 5.12. The molecular formula is C26H29N9O4. The van der Waals surface area contributed by atoms with Crippen LogP contribution in [0.25, 0.3) is 11.4 Å². The summed E-state index contributed by atoms with van der Waals surface area (Å²) < 4.78 is 7.10. The lowest BCUT2D eigenvalue weighted by atomic mass is 9.93. The highest BCUT2D eigenvalue weighted by Crippen LogP contribution is 2.31. The van der Waals surface area contributed by atoms with Crippen molar-refractivity contribution in [2.45, 2.75) is 45.2 Å². The van der Waals surface area contributed by atoms with Crippen molar-refractivity contribution in [3.63, 3.8) is 0 Å². The molecule has 1 aliphatic heterocycles. The minimum Gasteiger partial charge on any atom is -0.465 e. The van der Waals surface area contributed by atoms with E-state index < -0.39 is 18.0 Å². The molecule has 0 saturated carbocycles. The smallest absolute Gasteiger partial charge is 0.407 e. The molecule has 5 rings (SSSR count). The summed E-state index contributed by atoms with van der Waals surface area (Å²) in [4.78, 5) is 43.6. The number of benzene rings is 1. The summed E-state index contributed by atoms with van der Waals surface area (Å²) in [7, 11) is 1.81. The molecule has 1 atom stereocenters. The molecule has 0 bridgehead atoms. The van der Waals surface area contributed by atoms with Gasteiger partial charge in [-0.2, -0.15) is 10.1 Å². The number of nitrogens with zero attached hydrogens (tertiary/aromatic N) is 7. The van der Waals surface area contributed by atoms with Crippen LogP contribution in [0.4, 0.5) is 16.4 Å². The van der Waals surface area contributed by atoms with E-state index in [2.05, 4.69) is 35.7 Å². The van der Waals surface area contributed by atoms with Gasteiger partial charge in [-0.3, -0.25) is 9.48 Å². The lowest BCUT2D eigenvalue weighted by Gasteiger charge is -2.18. The first-order valence-corrected chi connectivity index (χ1v) is 12.4. The summed E-state index contributed by atoms with van der Waals surface area (Å²) in [5.74, 6) is 0.273. The van der Waals surface area contributed by atoms with Crippen LogP contribution >= 0.6 is 0 Å². The van der Waals surface area contributed by atoms with Crippen LogP contribution in [0.5, 0.6) is 0 Å². The Hall–Kier alpha value is -4.81. The van der Waals surface area contributed by atoms with E-state index in [1.807, 2.05) is 46.0 Å². The van der Waals surface area contributed by atoms with Crippen LogP contribution in [0.2, 0.25) is 0 Å².